The van der Waals surface area contributed by atoms with Crippen molar-refractivity contribution in [3.8, 4) is 5.75 Å². The monoisotopic (exact) mass is 342 g/mol. The van der Waals surface area contributed by atoms with Gasteiger partial charge < -0.3 is 4.74 Å². The van der Waals surface area contributed by atoms with Crippen molar-refractivity contribution in [2.75, 3.05) is 0 Å². The molecule has 0 aliphatic carbocycles. The zero-order valence-electron chi connectivity index (χ0n) is 10.7. The Morgan fingerprint density at radius 1 is 1.05 bits per heavy atom. The van der Waals surface area contributed by atoms with Crippen molar-refractivity contribution >= 4 is 26.4 Å². The van der Waals surface area contributed by atoms with Crippen molar-refractivity contribution < 1.29 is 34.7 Å². The van der Waals surface area contributed by atoms with Crippen molar-refractivity contribution in [2.45, 2.75) is 25.7 Å². The molecule has 0 radical (unpaired) electrons. The first-order chi connectivity index (χ1) is 8.45. The molecule has 0 aromatic heterocycles. The molecule has 118 valence electrons. The summed E-state index contributed by atoms with van der Waals surface area (Å²) in [5.41, 5.74) is 1.92. The molecule has 0 amide bonds. The summed E-state index contributed by atoms with van der Waals surface area (Å²) in [6.07, 6.45) is 0. The summed E-state index contributed by atoms with van der Waals surface area (Å²) in [5, 5.41) is 0. The van der Waals surface area contributed by atoms with Crippen LogP contribution in [0, 0.1) is 13.8 Å². The van der Waals surface area contributed by atoms with E-state index in [0.29, 0.717) is 5.75 Å². The molecule has 1 aromatic carbocycles. The maximum atomic E-state index is 10.8. The van der Waals surface area contributed by atoms with Crippen LogP contribution >= 0.6 is 7.81 Å². The minimum absolute atomic E-state index is 0.284. The van der Waals surface area contributed by atoms with Crippen LogP contribution in [0.15, 0.2) is 17.0 Å². The molecule has 0 aliphatic heterocycles. The third kappa shape index (κ3) is 12.1. The molecule has 0 saturated heterocycles. The van der Waals surface area contributed by atoms with E-state index < -0.39 is 7.81 Å². The van der Waals surface area contributed by atoms with Gasteiger partial charge in [0, 0.05) is 6.92 Å². The van der Waals surface area contributed by atoms with E-state index in [9.17, 15) is 30.0 Å². The third-order valence-corrected chi connectivity index (χ3v) is 1.99. The Bertz CT molecular complexity index is 491. The molecular formula is C10H13F6O2PS. The van der Waals surface area contributed by atoms with Crippen LogP contribution in [0.2, 0.25) is 0 Å². The second kappa shape index (κ2) is 5.11. The summed E-state index contributed by atoms with van der Waals surface area (Å²) in [6, 6.07) is 3.84. The number of hydrogen-bond donors (Lipinski definition) is 0. The van der Waals surface area contributed by atoms with Crippen LogP contribution in [0.1, 0.15) is 18.1 Å². The number of hydrogen-bond acceptors (Lipinski definition) is 2. The van der Waals surface area contributed by atoms with Crippen LogP contribution in [-0.2, 0) is 17.4 Å². The molecule has 10 heteroatoms. The number of halogens is 6. The number of esters is 1. The quantitative estimate of drug-likeness (QED) is 0.236. The van der Waals surface area contributed by atoms with E-state index in [1.807, 2.05) is 26.0 Å². The average molecular weight is 342 g/mol. The average Bonchev–Trinajstić information content (AvgIpc) is 2.05. The van der Waals surface area contributed by atoms with Crippen molar-refractivity contribution in [3.63, 3.8) is 0 Å². The Morgan fingerprint density at radius 2 is 1.35 bits per heavy atom. The molecule has 0 atom stereocenters. The molecule has 0 unspecified atom stereocenters. The number of benzene rings is 1. The van der Waals surface area contributed by atoms with Crippen LogP contribution in [0.4, 0.5) is 25.2 Å². The van der Waals surface area contributed by atoms with Gasteiger partial charge in [-0.1, -0.05) is 0 Å². The molecule has 0 heterocycles. The first-order valence-corrected chi connectivity index (χ1v) is 7.56. The van der Waals surface area contributed by atoms with Gasteiger partial charge in [-0.15, -0.1) is 0 Å². The Labute approximate surface area is 116 Å². The zero-order valence-corrected chi connectivity index (χ0v) is 12.6. The van der Waals surface area contributed by atoms with E-state index in [1.165, 1.54) is 6.92 Å². The van der Waals surface area contributed by atoms with Crippen molar-refractivity contribution in [1.82, 2.24) is 0 Å². The number of rotatable bonds is 1. The van der Waals surface area contributed by atoms with E-state index in [2.05, 4.69) is 12.6 Å². The Balaban J connectivity index is 0.000000441. The first-order valence-electron chi connectivity index (χ1n) is 5.03. The Hall–Kier alpha value is -0.950. The summed E-state index contributed by atoms with van der Waals surface area (Å²) >= 11 is 3.42. The second-order valence-electron chi connectivity index (χ2n) is 3.99. The van der Waals surface area contributed by atoms with Gasteiger partial charge in [0.05, 0.1) is 0 Å². The van der Waals surface area contributed by atoms with Crippen LogP contribution in [-0.4, -0.2) is 5.97 Å². The number of carbonyl (C=O) groups is 1. The normalized spacial score (nSPS) is 14.5. The fourth-order valence-electron chi connectivity index (χ4n) is 1.25. The van der Waals surface area contributed by atoms with Gasteiger partial charge in [0.1, 0.15) is 5.75 Å². The minimum atomic E-state index is -10.7. The van der Waals surface area contributed by atoms with E-state index in [4.69, 9.17) is 4.74 Å². The van der Waals surface area contributed by atoms with Gasteiger partial charge >= 0.3 is 39.0 Å². The van der Waals surface area contributed by atoms with Gasteiger partial charge in [-0.2, -0.15) is 0 Å². The molecule has 0 bridgehead atoms. The SMILES string of the molecule is CC(=O)Oc1c(C)cc([SH2+])cc1C.F[P-](F)(F)(F)(F)F. The second-order valence-corrected chi connectivity index (χ2v) is 6.49. The Kier molecular flexibility index (Phi) is 4.87. The summed E-state index contributed by atoms with van der Waals surface area (Å²) in [6.45, 7) is 5.23. The fourth-order valence-corrected chi connectivity index (χ4v) is 1.69. The Morgan fingerprint density at radius 3 is 1.60 bits per heavy atom. The van der Waals surface area contributed by atoms with Gasteiger partial charge in [0.25, 0.3) is 0 Å². The van der Waals surface area contributed by atoms with Gasteiger partial charge in [0.2, 0.25) is 0 Å². The van der Waals surface area contributed by atoms with Gasteiger partial charge in [-0.25, -0.2) is 0 Å². The predicted octanol–water partition coefficient (Wildman–Crippen LogP) is 4.98. The van der Waals surface area contributed by atoms with Crippen LogP contribution in [0.25, 0.3) is 0 Å². The summed E-state index contributed by atoms with van der Waals surface area (Å²) in [5.74, 6) is 0.377. The summed E-state index contributed by atoms with van der Waals surface area (Å²) in [7, 11) is -10.7. The van der Waals surface area contributed by atoms with Crippen molar-refractivity contribution in [2.24, 2.45) is 0 Å². The molecule has 1 rings (SSSR count). The van der Waals surface area contributed by atoms with Gasteiger partial charge in [-0.05, 0) is 49.7 Å². The predicted molar refractivity (Wildman–Crippen MR) is 69.2 cm³/mol. The maximum absolute atomic E-state index is 10.8. The summed E-state index contributed by atoms with van der Waals surface area (Å²) < 4.78 is 64.3. The van der Waals surface area contributed by atoms with Gasteiger partial charge in [-0.3, -0.25) is 4.79 Å². The third-order valence-electron chi connectivity index (χ3n) is 1.71. The standard InChI is InChI=1S/C10H12O2S.F6P/c1-6-4-9(13)5-7(2)10(6)12-8(3)11;1-7(2,3,4,5)6/h4-5,13H,1-3H3;/q;-1/p+1. The molecule has 0 N–H and O–H groups in total. The van der Waals surface area contributed by atoms with E-state index in [-0.39, 0.29) is 5.97 Å². The molecular weight excluding hydrogens is 329 g/mol. The van der Waals surface area contributed by atoms with Crippen LogP contribution < -0.4 is 4.74 Å². The number of aryl methyl sites for hydroxylation is 2. The van der Waals surface area contributed by atoms with Crippen molar-refractivity contribution in [3.05, 3.63) is 23.3 Å². The molecule has 0 aliphatic rings. The molecule has 0 fully saturated rings. The van der Waals surface area contributed by atoms with E-state index in [0.717, 1.165) is 16.0 Å². The molecule has 1 aromatic rings. The molecule has 20 heavy (non-hydrogen) atoms. The van der Waals surface area contributed by atoms with Crippen LogP contribution in [0.5, 0.6) is 5.75 Å². The van der Waals surface area contributed by atoms with Crippen LogP contribution in [0.3, 0.4) is 0 Å². The number of carbonyl (C=O) groups excluding carboxylic acids is 1. The zero-order chi connectivity index (χ0) is 16.4. The van der Waals surface area contributed by atoms with E-state index >= 15 is 0 Å². The summed E-state index contributed by atoms with van der Waals surface area (Å²) in [4.78, 5) is 11.8. The van der Waals surface area contributed by atoms with Gasteiger partial charge in [0.15, 0.2) is 4.90 Å². The fraction of sp³-hybridized carbons (Fsp3) is 0.300. The molecule has 2 nitrogen and oxygen atoms in total. The van der Waals surface area contributed by atoms with Crippen molar-refractivity contribution in [1.29, 1.82) is 0 Å². The van der Waals surface area contributed by atoms with E-state index in [1.54, 1.807) is 0 Å². The molecule has 0 spiro atoms. The first kappa shape index (κ1) is 19.1. The number of ether oxygens (including phenoxy) is 1. The topological polar surface area (TPSA) is 26.3 Å². The molecule has 0 saturated carbocycles.